The second kappa shape index (κ2) is 10.2. The number of halogens is 2. The quantitative estimate of drug-likeness (QED) is 0.528. The van der Waals surface area contributed by atoms with E-state index in [2.05, 4.69) is 21.2 Å². The molecule has 0 radical (unpaired) electrons. The van der Waals surface area contributed by atoms with Crippen molar-refractivity contribution in [2.45, 2.75) is 25.4 Å². The van der Waals surface area contributed by atoms with Gasteiger partial charge in [-0.15, -0.1) is 0 Å². The molecule has 2 aromatic carbocycles. The lowest BCUT2D eigenvalue weighted by atomic mass is 9.85. The summed E-state index contributed by atoms with van der Waals surface area (Å²) >= 11 is 9.53. The lowest BCUT2D eigenvalue weighted by Gasteiger charge is -2.38. The van der Waals surface area contributed by atoms with Crippen molar-refractivity contribution in [3.05, 3.63) is 62.6 Å². The van der Waals surface area contributed by atoms with Gasteiger partial charge in [-0.25, -0.2) is 4.79 Å². The molecule has 2 atom stereocenters. The first-order valence-corrected chi connectivity index (χ1v) is 11.1. The monoisotopic (exact) mass is 523 g/mol. The van der Waals surface area contributed by atoms with E-state index in [4.69, 9.17) is 22.1 Å². The van der Waals surface area contributed by atoms with E-state index >= 15 is 0 Å². The first-order valence-electron chi connectivity index (χ1n) is 9.90. The Hall–Kier alpha value is -2.78. The Kier molecular flexibility index (Phi) is 7.63. The van der Waals surface area contributed by atoms with E-state index in [0.29, 0.717) is 32.8 Å². The molecule has 1 saturated heterocycles. The Bertz CT molecular complexity index is 1050. The summed E-state index contributed by atoms with van der Waals surface area (Å²) in [7, 11) is 1.52. The molecular weight excluding hydrogens is 502 g/mol. The molecule has 3 rings (SSSR count). The number of urea groups is 1. The molecular formula is C22H23BrClN3O5. The fraction of sp³-hybridized carbons (Fsp3) is 0.318. The van der Waals surface area contributed by atoms with Crippen LogP contribution in [-0.4, -0.2) is 41.6 Å². The van der Waals surface area contributed by atoms with Gasteiger partial charge in [0.1, 0.15) is 5.75 Å². The van der Waals surface area contributed by atoms with Crippen molar-refractivity contribution in [1.29, 1.82) is 0 Å². The Morgan fingerprint density at radius 1 is 1.28 bits per heavy atom. The Morgan fingerprint density at radius 2 is 2.03 bits per heavy atom. The summed E-state index contributed by atoms with van der Waals surface area (Å²) in [5.41, 5.74) is 7.21. The number of hydrogen-bond donors (Lipinski definition) is 3. The lowest BCUT2D eigenvalue weighted by Crippen LogP contribution is -2.45. The second-order valence-electron chi connectivity index (χ2n) is 7.49. The summed E-state index contributed by atoms with van der Waals surface area (Å²) < 4.78 is 5.81. The molecule has 4 N–H and O–H groups in total. The van der Waals surface area contributed by atoms with Crippen molar-refractivity contribution in [2.75, 3.05) is 13.7 Å². The Labute approximate surface area is 198 Å². The fourth-order valence-corrected chi connectivity index (χ4v) is 4.50. The number of carbonyl (C=O) groups excluding carboxylic acids is 2. The summed E-state index contributed by atoms with van der Waals surface area (Å²) in [6.45, 7) is 0.425. The Balaban J connectivity index is 1.87. The number of rotatable bonds is 6. The van der Waals surface area contributed by atoms with E-state index in [-0.39, 0.29) is 25.4 Å². The molecule has 0 aliphatic carbocycles. The van der Waals surface area contributed by atoms with Gasteiger partial charge in [0.15, 0.2) is 0 Å². The fourth-order valence-electron chi connectivity index (χ4n) is 3.86. The molecule has 32 heavy (non-hydrogen) atoms. The number of benzene rings is 2. The summed E-state index contributed by atoms with van der Waals surface area (Å²) in [6, 6.07) is 9.05. The predicted molar refractivity (Wildman–Crippen MR) is 123 cm³/mol. The molecule has 170 valence electrons. The topological polar surface area (TPSA) is 122 Å². The van der Waals surface area contributed by atoms with Crippen LogP contribution in [0, 0.1) is 5.92 Å². The minimum absolute atomic E-state index is 0.175. The lowest BCUT2D eigenvalue weighted by molar-refractivity contribution is -0.143. The van der Waals surface area contributed by atoms with Crippen LogP contribution in [-0.2, 0) is 11.3 Å². The molecule has 10 heteroatoms. The average molecular weight is 525 g/mol. The number of piperidine rings is 1. The summed E-state index contributed by atoms with van der Waals surface area (Å²) in [6.07, 6.45) is 0.485. The number of methoxy groups -OCH3 is 1. The van der Waals surface area contributed by atoms with Crippen LogP contribution in [0.4, 0.5) is 4.79 Å². The van der Waals surface area contributed by atoms with Crippen molar-refractivity contribution in [1.82, 2.24) is 10.2 Å². The number of nitrogens with one attached hydrogen (secondary N) is 1. The summed E-state index contributed by atoms with van der Waals surface area (Å²) in [4.78, 5) is 38.1. The van der Waals surface area contributed by atoms with E-state index < -0.39 is 24.0 Å². The number of carboxylic acids is 1. The number of nitrogens with zero attached hydrogens (tertiary/aromatic N) is 1. The van der Waals surface area contributed by atoms with Gasteiger partial charge in [0.25, 0.3) is 5.91 Å². The maximum Gasteiger partial charge on any atom is 0.315 e. The van der Waals surface area contributed by atoms with Crippen LogP contribution in [0.3, 0.4) is 0 Å². The molecule has 0 saturated carbocycles. The van der Waals surface area contributed by atoms with Crippen LogP contribution in [0.5, 0.6) is 5.75 Å². The minimum atomic E-state index is -0.932. The van der Waals surface area contributed by atoms with E-state index in [9.17, 15) is 19.5 Å². The SMILES string of the molecule is COc1ccc(CNC(=O)c2cc(Br)ccc2C2CC(C(=O)O)CCN2C(N)=O)cc1Cl. The number of ether oxygens (including phenoxy) is 1. The molecule has 1 aliphatic heterocycles. The van der Waals surface area contributed by atoms with Crippen LogP contribution in [0.25, 0.3) is 0 Å². The first-order chi connectivity index (χ1) is 15.2. The van der Waals surface area contributed by atoms with Crippen molar-refractivity contribution < 1.29 is 24.2 Å². The van der Waals surface area contributed by atoms with Gasteiger partial charge >= 0.3 is 12.0 Å². The number of hydrogen-bond acceptors (Lipinski definition) is 4. The zero-order valence-electron chi connectivity index (χ0n) is 17.3. The van der Waals surface area contributed by atoms with Crippen LogP contribution in [0.1, 0.15) is 40.4 Å². The first kappa shape index (κ1) is 23.9. The van der Waals surface area contributed by atoms with Gasteiger partial charge in [-0.05, 0) is 48.2 Å². The molecule has 2 aromatic rings. The number of amides is 3. The molecule has 0 aromatic heterocycles. The minimum Gasteiger partial charge on any atom is -0.495 e. The highest BCUT2D eigenvalue weighted by Crippen LogP contribution is 2.37. The third kappa shape index (κ3) is 5.34. The third-order valence-corrected chi connectivity index (χ3v) is 6.31. The smallest absolute Gasteiger partial charge is 0.315 e. The van der Waals surface area contributed by atoms with E-state index in [1.807, 2.05) is 0 Å². The maximum atomic E-state index is 13.1. The molecule has 1 heterocycles. The zero-order valence-corrected chi connectivity index (χ0v) is 19.6. The van der Waals surface area contributed by atoms with Crippen LogP contribution >= 0.6 is 27.5 Å². The number of nitrogens with two attached hydrogens (primary N) is 1. The highest BCUT2D eigenvalue weighted by Gasteiger charge is 2.36. The third-order valence-electron chi connectivity index (χ3n) is 5.52. The summed E-state index contributed by atoms with van der Waals surface area (Å²) in [5, 5.41) is 12.8. The standard InChI is InChI=1S/C22H23BrClN3O5/c1-32-19-5-2-12(8-17(19)24)11-26-20(28)16-10-14(23)3-4-15(16)18-9-13(21(29)30)6-7-27(18)22(25)31/h2-5,8,10,13,18H,6-7,9,11H2,1H3,(H2,25,31)(H,26,28)(H,29,30). The maximum absolute atomic E-state index is 13.1. The molecule has 8 nitrogen and oxygen atoms in total. The van der Waals surface area contributed by atoms with Gasteiger partial charge in [0.05, 0.1) is 24.1 Å². The van der Waals surface area contributed by atoms with E-state index in [1.54, 1.807) is 36.4 Å². The highest BCUT2D eigenvalue weighted by molar-refractivity contribution is 9.10. The van der Waals surface area contributed by atoms with Gasteiger partial charge in [0, 0.05) is 23.1 Å². The van der Waals surface area contributed by atoms with E-state index in [0.717, 1.165) is 5.56 Å². The number of aliphatic carboxylic acids is 1. The van der Waals surface area contributed by atoms with Crippen molar-refractivity contribution in [2.24, 2.45) is 11.7 Å². The molecule has 1 fully saturated rings. The normalized spacial score (nSPS) is 18.2. The average Bonchev–Trinajstić information content (AvgIpc) is 2.77. The van der Waals surface area contributed by atoms with Gasteiger partial charge < -0.3 is 25.8 Å². The number of carboxylic acid groups (broad SMARTS) is 1. The van der Waals surface area contributed by atoms with Crippen molar-refractivity contribution in [3.8, 4) is 5.75 Å². The van der Waals surface area contributed by atoms with Crippen molar-refractivity contribution in [3.63, 3.8) is 0 Å². The summed E-state index contributed by atoms with van der Waals surface area (Å²) in [5.74, 6) is -1.39. The molecule has 3 amide bonds. The number of primary amides is 1. The van der Waals surface area contributed by atoms with Gasteiger partial charge in [0.2, 0.25) is 0 Å². The second-order valence-corrected chi connectivity index (χ2v) is 8.81. The largest absolute Gasteiger partial charge is 0.495 e. The zero-order chi connectivity index (χ0) is 23.4. The molecule has 1 aliphatic rings. The van der Waals surface area contributed by atoms with Crippen molar-refractivity contribution >= 4 is 45.4 Å². The van der Waals surface area contributed by atoms with Crippen LogP contribution in [0.2, 0.25) is 5.02 Å². The van der Waals surface area contributed by atoms with Gasteiger partial charge in [-0.2, -0.15) is 0 Å². The van der Waals surface area contributed by atoms with Crippen LogP contribution < -0.4 is 15.8 Å². The van der Waals surface area contributed by atoms with Gasteiger partial charge in [-0.3, -0.25) is 9.59 Å². The molecule has 0 spiro atoms. The Morgan fingerprint density at radius 3 is 2.66 bits per heavy atom. The number of likely N-dealkylation sites (tertiary alicyclic amines) is 1. The number of carbonyl (C=O) groups is 3. The molecule has 2 unspecified atom stereocenters. The van der Waals surface area contributed by atoms with Crippen LogP contribution in [0.15, 0.2) is 40.9 Å². The predicted octanol–water partition coefficient (Wildman–Crippen LogP) is 3.96. The van der Waals surface area contributed by atoms with E-state index in [1.165, 1.54) is 12.0 Å². The van der Waals surface area contributed by atoms with Gasteiger partial charge in [-0.1, -0.05) is 39.7 Å². The highest BCUT2D eigenvalue weighted by atomic mass is 79.9. The molecule has 0 bridgehead atoms.